The zero-order chi connectivity index (χ0) is 13.1. The minimum Gasteiger partial charge on any atom is -0.362 e. The van der Waals surface area contributed by atoms with Crippen molar-refractivity contribution in [1.82, 2.24) is 9.78 Å². The zero-order valence-electron chi connectivity index (χ0n) is 10.3. The van der Waals surface area contributed by atoms with Crippen LogP contribution in [0.2, 0.25) is 10.0 Å². The first-order chi connectivity index (χ1) is 8.60. The van der Waals surface area contributed by atoms with E-state index in [2.05, 4.69) is 10.4 Å². The van der Waals surface area contributed by atoms with E-state index in [0.29, 0.717) is 10.0 Å². The molecule has 0 fully saturated rings. The summed E-state index contributed by atoms with van der Waals surface area (Å²) in [6, 6.07) is 7.46. The van der Waals surface area contributed by atoms with Crippen LogP contribution in [-0.4, -0.2) is 9.78 Å². The van der Waals surface area contributed by atoms with E-state index in [-0.39, 0.29) is 6.04 Å². The highest BCUT2D eigenvalue weighted by molar-refractivity contribution is 6.33. The van der Waals surface area contributed by atoms with Crippen molar-refractivity contribution in [2.24, 2.45) is 0 Å². The van der Waals surface area contributed by atoms with E-state index in [4.69, 9.17) is 23.2 Å². The van der Waals surface area contributed by atoms with Crippen molar-refractivity contribution in [1.29, 1.82) is 0 Å². The summed E-state index contributed by atoms with van der Waals surface area (Å²) in [4.78, 5) is 0. The van der Waals surface area contributed by atoms with Gasteiger partial charge in [-0.2, -0.15) is 5.10 Å². The third kappa shape index (κ3) is 2.98. The van der Waals surface area contributed by atoms with Gasteiger partial charge in [0, 0.05) is 28.9 Å². The average Bonchev–Trinajstić information content (AvgIpc) is 2.80. The van der Waals surface area contributed by atoms with Gasteiger partial charge < -0.3 is 5.32 Å². The number of nitrogens with zero attached hydrogens (tertiary/aromatic N) is 2. The van der Waals surface area contributed by atoms with E-state index in [0.717, 1.165) is 17.9 Å². The van der Waals surface area contributed by atoms with Gasteiger partial charge in [-0.05, 0) is 37.6 Å². The molecule has 1 N–H and O–H groups in total. The third-order valence-electron chi connectivity index (χ3n) is 2.75. The standard InChI is InChI=1S/C13H15Cl2N3/c1-3-18-7-6-13(17-18)16-9(2)11-8-10(14)4-5-12(11)15/h4-9H,3H2,1-2H3,(H,16,17). The number of anilines is 1. The van der Waals surface area contributed by atoms with Crippen molar-refractivity contribution in [3.63, 3.8) is 0 Å². The molecule has 1 aromatic heterocycles. The molecule has 96 valence electrons. The smallest absolute Gasteiger partial charge is 0.148 e. The van der Waals surface area contributed by atoms with Gasteiger partial charge in [-0.25, -0.2) is 0 Å². The van der Waals surface area contributed by atoms with E-state index >= 15 is 0 Å². The molecular formula is C13H15Cl2N3. The minimum atomic E-state index is 0.0522. The topological polar surface area (TPSA) is 29.9 Å². The maximum atomic E-state index is 6.17. The highest BCUT2D eigenvalue weighted by atomic mass is 35.5. The molecule has 18 heavy (non-hydrogen) atoms. The Morgan fingerprint density at radius 2 is 2.11 bits per heavy atom. The Hall–Kier alpha value is -1.19. The quantitative estimate of drug-likeness (QED) is 0.902. The maximum absolute atomic E-state index is 6.17. The molecule has 1 atom stereocenters. The normalized spacial score (nSPS) is 12.4. The lowest BCUT2D eigenvalue weighted by molar-refractivity contribution is 0.659. The van der Waals surface area contributed by atoms with Gasteiger partial charge in [-0.15, -0.1) is 0 Å². The van der Waals surface area contributed by atoms with Crippen LogP contribution in [-0.2, 0) is 6.54 Å². The van der Waals surface area contributed by atoms with Gasteiger partial charge in [-0.3, -0.25) is 4.68 Å². The van der Waals surface area contributed by atoms with E-state index < -0.39 is 0 Å². The number of aromatic nitrogens is 2. The van der Waals surface area contributed by atoms with Gasteiger partial charge in [-0.1, -0.05) is 23.2 Å². The predicted molar refractivity (Wildman–Crippen MR) is 76.4 cm³/mol. The summed E-state index contributed by atoms with van der Waals surface area (Å²) in [7, 11) is 0. The van der Waals surface area contributed by atoms with Crippen LogP contribution in [0.25, 0.3) is 0 Å². The largest absolute Gasteiger partial charge is 0.362 e. The number of nitrogens with one attached hydrogen (secondary N) is 1. The van der Waals surface area contributed by atoms with Crippen molar-refractivity contribution < 1.29 is 0 Å². The number of hydrogen-bond donors (Lipinski definition) is 1. The Bertz CT molecular complexity index is 537. The fourth-order valence-corrected chi connectivity index (χ4v) is 2.22. The molecule has 0 aliphatic heterocycles. The molecule has 0 saturated heterocycles. The number of rotatable bonds is 4. The van der Waals surface area contributed by atoms with Crippen LogP contribution in [0.4, 0.5) is 5.82 Å². The van der Waals surface area contributed by atoms with E-state index in [1.165, 1.54) is 0 Å². The van der Waals surface area contributed by atoms with Crippen LogP contribution in [0.5, 0.6) is 0 Å². The van der Waals surface area contributed by atoms with Gasteiger partial charge in [0.15, 0.2) is 0 Å². The molecule has 2 rings (SSSR count). The molecule has 1 aromatic carbocycles. The number of aryl methyl sites for hydroxylation is 1. The van der Waals surface area contributed by atoms with Crippen LogP contribution in [0.15, 0.2) is 30.5 Å². The second kappa shape index (κ2) is 5.63. The van der Waals surface area contributed by atoms with E-state index in [1.54, 1.807) is 6.07 Å². The number of hydrogen-bond acceptors (Lipinski definition) is 2. The molecule has 2 aromatic rings. The highest BCUT2D eigenvalue weighted by Crippen LogP contribution is 2.28. The molecule has 0 spiro atoms. The van der Waals surface area contributed by atoms with Crippen LogP contribution in [0.1, 0.15) is 25.5 Å². The molecule has 0 aliphatic rings. The summed E-state index contributed by atoms with van der Waals surface area (Å²) in [5.41, 5.74) is 0.968. The fraction of sp³-hybridized carbons (Fsp3) is 0.308. The molecule has 0 amide bonds. The number of benzene rings is 1. The first-order valence-electron chi connectivity index (χ1n) is 5.85. The number of halogens is 2. The van der Waals surface area contributed by atoms with Crippen LogP contribution < -0.4 is 5.32 Å². The summed E-state index contributed by atoms with van der Waals surface area (Å²) >= 11 is 12.1. The Morgan fingerprint density at radius 3 is 2.78 bits per heavy atom. The second-order valence-electron chi connectivity index (χ2n) is 4.09. The van der Waals surface area contributed by atoms with Crippen molar-refractivity contribution >= 4 is 29.0 Å². The van der Waals surface area contributed by atoms with Gasteiger partial charge in [0.1, 0.15) is 5.82 Å². The lowest BCUT2D eigenvalue weighted by Crippen LogP contribution is -2.08. The fourth-order valence-electron chi connectivity index (χ4n) is 1.76. The summed E-state index contributed by atoms with van der Waals surface area (Å²) in [6.07, 6.45) is 1.94. The molecule has 3 nitrogen and oxygen atoms in total. The zero-order valence-corrected chi connectivity index (χ0v) is 11.8. The summed E-state index contributed by atoms with van der Waals surface area (Å²) in [5.74, 6) is 0.834. The van der Waals surface area contributed by atoms with Gasteiger partial charge in [0.2, 0.25) is 0 Å². The SMILES string of the molecule is CCn1ccc(NC(C)c2cc(Cl)ccc2Cl)n1. The first-order valence-corrected chi connectivity index (χ1v) is 6.60. The minimum absolute atomic E-state index is 0.0522. The molecule has 1 heterocycles. The predicted octanol–water partition coefficient (Wildman–Crippen LogP) is 4.38. The Labute approximate surface area is 117 Å². The first kappa shape index (κ1) is 13.2. The molecular weight excluding hydrogens is 269 g/mol. The molecule has 0 bridgehead atoms. The molecule has 0 aliphatic carbocycles. The van der Waals surface area contributed by atoms with Gasteiger partial charge in [0.05, 0.1) is 6.04 Å². The van der Waals surface area contributed by atoms with E-state index in [9.17, 15) is 0 Å². The molecule has 5 heteroatoms. The molecule has 1 unspecified atom stereocenters. The lowest BCUT2D eigenvalue weighted by Gasteiger charge is -2.15. The van der Waals surface area contributed by atoms with Crippen molar-refractivity contribution in [3.8, 4) is 0 Å². The van der Waals surface area contributed by atoms with E-state index in [1.807, 2.05) is 42.9 Å². The van der Waals surface area contributed by atoms with Crippen LogP contribution in [0, 0.1) is 0 Å². The summed E-state index contributed by atoms with van der Waals surface area (Å²) < 4.78 is 1.87. The van der Waals surface area contributed by atoms with Crippen LogP contribution in [0.3, 0.4) is 0 Å². The maximum Gasteiger partial charge on any atom is 0.148 e. The highest BCUT2D eigenvalue weighted by Gasteiger charge is 2.11. The summed E-state index contributed by atoms with van der Waals surface area (Å²) in [5, 5.41) is 9.07. The van der Waals surface area contributed by atoms with Gasteiger partial charge in [0.25, 0.3) is 0 Å². The van der Waals surface area contributed by atoms with Gasteiger partial charge >= 0.3 is 0 Å². The van der Waals surface area contributed by atoms with Crippen molar-refractivity contribution in [2.45, 2.75) is 26.4 Å². The third-order valence-corrected chi connectivity index (χ3v) is 3.33. The average molecular weight is 284 g/mol. The Kier molecular flexibility index (Phi) is 4.15. The van der Waals surface area contributed by atoms with Crippen molar-refractivity contribution in [2.75, 3.05) is 5.32 Å². The lowest BCUT2D eigenvalue weighted by atomic mass is 10.1. The summed E-state index contributed by atoms with van der Waals surface area (Å²) in [6.45, 7) is 4.94. The van der Waals surface area contributed by atoms with Crippen LogP contribution >= 0.6 is 23.2 Å². The Balaban J connectivity index is 2.16. The van der Waals surface area contributed by atoms with Crippen molar-refractivity contribution in [3.05, 3.63) is 46.1 Å². The second-order valence-corrected chi connectivity index (χ2v) is 4.93. The molecule has 0 saturated carbocycles. The monoisotopic (exact) mass is 283 g/mol. The molecule has 0 radical (unpaired) electrons. The Morgan fingerprint density at radius 1 is 1.33 bits per heavy atom.